The van der Waals surface area contributed by atoms with Crippen LogP contribution in [0.4, 0.5) is 0 Å². The van der Waals surface area contributed by atoms with Crippen molar-refractivity contribution in [2.45, 2.75) is 6.92 Å². The number of likely N-dealkylation sites (N-methyl/N-ethyl adjacent to an activating group) is 1. The number of halogens is 1. The second kappa shape index (κ2) is 8.59. The summed E-state index contributed by atoms with van der Waals surface area (Å²) in [5.74, 6) is 1.47. The van der Waals surface area contributed by atoms with Gasteiger partial charge in [0.05, 0.1) is 7.11 Å². The molecular formula is C14H21ClN2O4. The Balaban J connectivity index is 0.00000220. The van der Waals surface area contributed by atoms with E-state index < -0.39 is 0 Å². The lowest BCUT2D eigenvalue weighted by Gasteiger charge is -2.21. The van der Waals surface area contributed by atoms with Crippen LogP contribution in [0.15, 0.2) is 12.1 Å². The van der Waals surface area contributed by atoms with Gasteiger partial charge in [-0.3, -0.25) is 4.79 Å². The van der Waals surface area contributed by atoms with E-state index in [-0.39, 0.29) is 18.3 Å². The number of carbonyl (C=O) groups excluding carboxylic acids is 1. The van der Waals surface area contributed by atoms with E-state index in [0.717, 1.165) is 13.1 Å². The Labute approximate surface area is 130 Å². The van der Waals surface area contributed by atoms with E-state index in [1.807, 2.05) is 6.92 Å². The van der Waals surface area contributed by atoms with E-state index in [9.17, 15) is 4.79 Å². The molecule has 1 aromatic rings. The molecule has 0 saturated heterocycles. The van der Waals surface area contributed by atoms with Gasteiger partial charge < -0.3 is 24.8 Å². The fourth-order valence-corrected chi connectivity index (χ4v) is 1.95. The van der Waals surface area contributed by atoms with Crippen LogP contribution >= 0.6 is 12.4 Å². The van der Waals surface area contributed by atoms with Crippen molar-refractivity contribution in [1.82, 2.24) is 10.6 Å². The first kappa shape index (κ1) is 17.4. The summed E-state index contributed by atoms with van der Waals surface area (Å²) in [5.41, 5.74) is 0.502. The largest absolute Gasteiger partial charge is 0.493 e. The first-order chi connectivity index (χ1) is 9.76. The zero-order chi connectivity index (χ0) is 14.4. The summed E-state index contributed by atoms with van der Waals surface area (Å²) in [6, 6.07) is 3.34. The zero-order valence-corrected chi connectivity index (χ0v) is 13.0. The highest BCUT2D eigenvalue weighted by atomic mass is 35.5. The van der Waals surface area contributed by atoms with Crippen molar-refractivity contribution < 1.29 is 19.0 Å². The number of amides is 1. The normalized spacial score (nSPS) is 12.3. The van der Waals surface area contributed by atoms with Crippen molar-refractivity contribution in [3.8, 4) is 17.2 Å². The number of hydrogen-bond acceptors (Lipinski definition) is 5. The smallest absolute Gasteiger partial charge is 0.251 e. The molecule has 1 aromatic carbocycles. The molecule has 0 unspecified atom stereocenters. The molecule has 0 saturated carbocycles. The fourth-order valence-electron chi connectivity index (χ4n) is 1.95. The molecule has 6 nitrogen and oxygen atoms in total. The lowest BCUT2D eigenvalue weighted by molar-refractivity contribution is 0.0952. The Bertz CT molecular complexity index is 465. The van der Waals surface area contributed by atoms with Crippen molar-refractivity contribution in [3.63, 3.8) is 0 Å². The number of benzene rings is 1. The van der Waals surface area contributed by atoms with Gasteiger partial charge in [-0.2, -0.15) is 0 Å². The summed E-state index contributed by atoms with van der Waals surface area (Å²) < 4.78 is 16.3. The van der Waals surface area contributed by atoms with Gasteiger partial charge in [0.15, 0.2) is 11.5 Å². The molecule has 0 atom stereocenters. The Morgan fingerprint density at radius 1 is 1.29 bits per heavy atom. The van der Waals surface area contributed by atoms with Gasteiger partial charge in [-0.25, -0.2) is 0 Å². The van der Waals surface area contributed by atoms with Gasteiger partial charge in [0.1, 0.15) is 13.2 Å². The summed E-state index contributed by atoms with van der Waals surface area (Å²) >= 11 is 0. The van der Waals surface area contributed by atoms with Crippen molar-refractivity contribution in [2.24, 2.45) is 0 Å². The highest BCUT2D eigenvalue weighted by Gasteiger charge is 2.20. The molecule has 118 valence electrons. The molecule has 1 aliphatic rings. The molecule has 1 aliphatic heterocycles. The third kappa shape index (κ3) is 4.41. The number of carbonyl (C=O) groups is 1. The maximum atomic E-state index is 12.1. The van der Waals surface area contributed by atoms with Gasteiger partial charge in [-0.05, 0) is 18.7 Å². The standard InChI is InChI=1S/C14H20N2O4.ClH/c1-3-15-4-5-16-14(17)10-8-11(18-2)13-12(9-10)19-6-7-20-13;/h8-9,15H,3-7H2,1-2H3,(H,16,17);1H. The quantitative estimate of drug-likeness (QED) is 0.773. The number of ether oxygens (including phenoxy) is 3. The number of fused-ring (bicyclic) bond motifs is 1. The Morgan fingerprint density at radius 2 is 2.05 bits per heavy atom. The van der Waals surface area contributed by atoms with Crippen LogP contribution in [0.5, 0.6) is 17.2 Å². The molecule has 0 radical (unpaired) electrons. The number of methoxy groups -OCH3 is 1. The predicted molar refractivity (Wildman–Crippen MR) is 82.1 cm³/mol. The SMILES string of the molecule is CCNCCNC(=O)c1cc(OC)c2c(c1)OCCO2.Cl. The van der Waals surface area contributed by atoms with Crippen LogP contribution in [-0.4, -0.2) is 45.9 Å². The van der Waals surface area contributed by atoms with Crippen LogP contribution in [0.2, 0.25) is 0 Å². The lowest BCUT2D eigenvalue weighted by atomic mass is 10.1. The molecule has 0 spiro atoms. The second-order valence-electron chi connectivity index (χ2n) is 4.31. The van der Waals surface area contributed by atoms with Gasteiger partial charge in [0.25, 0.3) is 5.91 Å². The average molecular weight is 317 g/mol. The minimum absolute atomic E-state index is 0. The minimum Gasteiger partial charge on any atom is -0.493 e. The predicted octanol–water partition coefficient (Wildman–Crippen LogP) is 1.23. The third-order valence-electron chi connectivity index (χ3n) is 2.93. The van der Waals surface area contributed by atoms with Crippen molar-refractivity contribution in [3.05, 3.63) is 17.7 Å². The third-order valence-corrected chi connectivity index (χ3v) is 2.93. The van der Waals surface area contributed by atoms with E-state index >= 15 is 0 Å². The summed E-state index contributed by atoms with van der Waals surface area (Å²) in [6.45, 7) is 5.17. The van der Waals surface area contributed by atoms with E-state index in [0.29, 0.717) is 42.6 Å². The molecule has 0 aromatic heterocycles. The molecule has 2 rings (SSSR count). The van der Waals surface area contributed by atoms with Gasteiger partial charge in [-0.15, -0.1) is 12.4 Å². The van der Waals surface area contributed by atoms with Crippen LogP contribution < -0.4 is 24.8 Å². The molecule has 21 heavy (non-hydrogen) atoms. The number of hydrogen-bond donors (Lipinski definition) is 2. The Kier molecular flexibility index (Phi) is 7.11. The summed E-state index contributed by atoms with van der Waals surface area (Å²) in [6.07, 6.45) is 0. The number of nitrogens with one attached hydrogen (secondary N) is 2. The summed E-state index contributed by atoms with van der Waals surface area (Å²) in [5, 5.41) is 5.98. The Morgan fingerprint density at radius 3 is 2.76 bits per heavy atom. The van der Waals surface area contributed by atoms with Crippen LogP contribution in [0.3, 0.4) is 0 Å². The Hall–Kier alpha value is -1.66. The number of rotatable bonds is 6. The van der Waals surface area contributed by atoms with Crippen molar-refractivity contribution in [2.75, 3.05) is 40.0 Å². The summed E-state index contributed by atoms with van der Waals surface area (Å²) in [7, 11) is 1.54. The van der Waals surface area contributed by atoms with E-state index in [1.165, 1.54) is 0 Å². The molecule has 1 heterocycles. The van der Waals surface area contributed by atoms with Crippen LogP contribution in [0.25, 0.3) is 0 Å². The molecule has 7 heteroatoms. The molecule has 2 N–H and O–H groups in total. The van der Waals surface area contributed by atoms with Crippen molar-refractivity contribution in [1.29, 1.82) is 0 Å². The lowest BCUT2D eigenvalue weighted by Crippen LogP contribution is -2.31. The molecule has 1 amide bonds. The van der Waals surface area contributed by atoms with E-state index in [4.69, 9.17) is 14.2 Å². The van der Waals surface area contributed by atoms with Crippen LogP contribution in [0, 0.1) is 0 Å². The zero-order valence-electron chi connectivity index (χ0n) is 12.2. The second-order valence-corrected chi connectivity index (χ2v) is 4.31. The summed E-state index contributed by atoms with van der Waals surface area (Å²) in [4.78, 5) is 12.1. The van der Waals surface area contributed by atoms with Crippen LogP contribution in [0.1, 0.15) is 17.3 Å². The highest BCUT2D eigenvalue weighted by Crippen LogP contribution is 2.40. The van der Waals surface area contributed by atoms with Crippen LogP contribution in [-0.2, 0) is 0 Å². The maximum absolute atomic E-state index is 12.1. The van der Waals surface area contributed by atoms with E-state index in [2.05, 4.69) is 10.6 Å². The van der Waals surface area contributed by atoms with E-state index in [1.54, 1.807) is 19.2 Å². The first-order valence-corrected chi connectivity index (χ1v) is 6.72. The average Bonchev–Trinajstić information content (AvgIpc) is 2.50. The van der Waals surface area contributed by atoms with Crippen molar-refractivity contribution >= 4 is 18.3 Å². The highest BCUT2D eigenvalue weighted by molar-refractivity contribution is 5.95. The van der Waals surface area contributed by atoms with Gasteiger partial charge >= 0.3 is 0 Å². The maximum Gasteiger partial charge on any atom is 0.251 e. The molecule has 0 bridgehead atoms. The first-order valence-electron chi connectivity index (χ1n) is 6.72. The monoisotopic (exact) mass is 316 g/mol. The molecular weight excluding hydrogens is 296 g/mol. The topological polar surface area (TPSA) is 68.8 Å². The van der Waals surface area contributed by atoms with Gasteiger partial charge in [0, 0.05) is 18.7 Å². The molecule has 0 fully saturated rings. The fraction of sp³-hybridized carbons (Fsp3) is 0.500. The minimum atomic E-state index is -0.154. The van der Waals surface area contributed by atoms with Gasteiger partial charge in [0.2, 0.25) is 5.75 Å². The van der Waals surface area contributed by atoms with Gasteiger partial charge in [-0.1, -0.05) is 6.92 Å². The molecule has 0 aliphatic carbocycles.